The third-order valence-corrected chi connectivity index (χ3v) is 3.39. The van der Waals surface area contributed by atoms with Crippen molar-refractivity contribution in [1.29, 1.82) is 0 Å². The first-order valence-electron chi connectivity index (χ1n) is 7.97. The molecule has 1 rings (SSSR count). The average Bonchev–Trinajstić information content (AvgIpc) is 2.52. The number of nitrogens with zero attached hydrogens (tertiary/aromatic N) is 1. The van der Waals surface area contributed by atoms with Crippen LogP contribution >= 0.6 is 0 Å². The number of morpholine rings is 1. The summed E-state index contributed by atoms with van der Waals surface area (Å²) in [6.45, 7) is 8.08. The smallest absolute Gasteiger partial charge is 0.331 e. The second kappa shape index (κ2) is 11.2. The molecule has 0 aromatic carbocycles. The SMILES string of the molecule is CCCCC(C)OC(=O)/C=C/C(=O)OCCN1CCOCC1. The van der Waals surface area contributed by atoms with Crippen LogP contribution in [0.3, 0.4) is 0 Å². The van der Waals surface area contributed by atoms with Crippen LogP contribution in [0.2, 0.25) is 0 Å². The molecular weight excluding hydrogens is 286 g/mol. The van der Waals surface area contributed by atoms with E-state index in [1.807, 2.05) is 6.92 Å². The van der Waals surface area contributed by atoms with E-state index in [-0.39, 0.29) is 6.10 Å². The molecule has 0 spiro atoms. The topological polar surface area (TPSA) is 65.1 Å². The number of unbranched alkanes of at least 4 members (excludes halogenated alkanes) is 1. The molecule has 1 fully saturated rings. The largest absolute Gasteiger partial charge is 0.461 e. The van der Waals surface area contributed by atoms with Crippen molar-refractivity contribution in [3.63, 3.8) is 0 Å². The Morgan fingerprint density at radius 1 is 1.23 bits per heavy atom. The number of hydrogen-bond acceptors (Lipinski definition) is 6. The molecule has 0 N–H and O–H groups in total. The van der Waals surface area contributed by atoms with Crippen LogP contribution in [-0.2, 0) is 23.8 Å². The second-order valence-corrected chi connectivity index (χ2v) is 5.34. The van der Waals surface area contributed by atoms with Gasteiger partial charge in [-0.25, -0.2) is 9.59 Å². The number of carbonyl (C=O) groups is 2. The van der Waals surface area contributed by atoms with Gasteiger partial charge in [-0.3, -0.25) is 4.90 Å². The predicted molar refractivity (Wildman–Crippen MR) is 82.4 cm³/mol. The van der Waals surface area contributed by atoms with Crippen molar-refractivity contribution in [2.45, 2.75) is 39.2 Å². The highest BCUT2D eigenvalue weighted by atomic mass is 16.5. The monoisotopic (exact) mass is 313 g/mol. The standard InChI is InChI=1S/C16H27NO5/c1-3-4-5-14(2)22-16(19)7-6-15(18)21-13-10-17-8-11-20-12-9-17/h6-7,14H,3-5,8-13H2,1-2H3/b7-6+. The lowest BCUT2D eigenvalue weighted by molar-refractivity contribution is -0.143. The minimum Gasteiger partial charge on any atom is -0.461 e. The van der Waals surface area contributed by atoms with Crippen molar-refractivity contribution in [3.05, 3.63) is 12.2 Å². The van der Waals surface area contributed by atoms with Gasteiger partial charge in [0.15, 0.2) is 0 Å². The van der Waals surface area contributed by atoms with Gasteiger partial charge in [0.05, 0.1) is 19.3 Å². The van der Waals surface area contributed by atoms with Crippen LogP contribution in [0.25, 0.3) is 0 Å². The van der Waals surface area contributed by atoms with Gasteiger partial charge in [0.2, 0.25) is 0 Å². The molecule has 0 aliphatic carbocycles. The van der Waals surface area contributed by atoms with E-state index in [9.17, 15) is 9.59 Å². The highest BCUT2D eigenvalue weighted by Crippen LogP contribution is 2.04. The number of ether oxygens (including phenoxy) is 3. The maximum Gasteiger partial charge on any atom is 0.331 e. The van der Waals surface area contributed by atoms with Gasteiger partial charge in [-0.2, -0.15) is 0 Å². The molecule has 1 aliphatic rings. The fraction of sp³-hybridized carbons (Fsp3) is 0.750. The molecule has 0 aromatic heterocycles. The summed E-state index contributed by atoms with van der Waals surface area (Å²) in [5.74, 6) is -1.03. The van der Waals surface area contributed by atoms with E-state index in [0.29, 0.717) is 13.2 Å². The lowest BCUT2D eigenvalue weighted by Crippen LogP contribution is -2.38. The van der Waals surface area contributed by atoms with Gasteiger partial charge in [0, 0.05) is 31.8 Å². The molecule has 126 valence electrons. The van der Waals surface area contributed by atoms with Gasteiger partial charge >= 0.3 is 11.9 Å². The van der Waals surface area contributed by atoms with Gasteiger partial charge in [0.1, 0.15) is 6.61 Å². The fourth-order valence-corrected chi connectivity index (χ4v) is 2.07. The Hall–Kier alpha value is -1.40. The first-order valence-corrected chi connectivity index (χ1v) is 7.97. The van der Waals surface area contributed by atoms with Crippen LogP contribution < -0.4 is 0 Å². The molecule has 1 saturated heterocycles. The van der Waals surface area contributed by atoms with Crippen LogP contribution in [-0.4, -0.2) is 62.4 Å². The van der Waals surface area contributed by atoms with E-state index in [1.165, 1.54) is 0 Å². The predicted octanol–water partition coefficient (Wildman–Crippen LogP) is 1.54. The Balaban J connectivity index is 2.13. The second-order valence-electron chi connectivity index (χ2n) is 5.34. The molecule has 22 heavy (non-hydrogen) atoms. The molecule has 0 radical (unpaired) electrons. The molecule has 0 aromatic rings. The van der Waals surface area contributed by atoms with E-state index in [0.717, 1.165) is 57.7 Å². The first kappa shape index (κ1) is 18.6. The summed E-state index contributed by atoms with van der Waals surface area (Å²) in [5.41, 5.74) is 0. The van der Waals surface area contributed by atoms with Gasteiger partial charge < -0.3 is 14.2 Å². The molecule has 6 nitrogen and oxygen atoms in total. The number of carbonyl (C=O) groups excluding carboxylic acids is 2. The van der Waals surface area contributed by atoms with Crippen LogP contribution in [0, 0.1) is 0 Å². The van der Waals surface area contributed by atoms with Crippen LogP contribution in [0.1, 0.15) is 33.1 Å². The zero-order valence-electron chi connectivity index (χ0n) is 13.6. The van der Waals surface area contributed by atoms with Gasteiger partial charge in [-0.1, -0.05) is 19.8 Å². The van der Waals surface area contributed by atoms with E-state index in [2.05, 4.69) is 11.8 Å². The highest BCUT2D eigenvalue weighted by molar-refractivity contribution is 5.91. The summed E-state index contributed by atoms with van der Waals surface area (Å²) in [5, 5.41) is 0. The molecule has 0 amide bonds. The number of rotatable bonds is 9. The van der Waals surface area contributed by atoms with Gasteiger partial charge in [-0.05, 0) is 13.3 Å². The Morgan fingerprint density at radius 2 is 1.91 bits per heavy atom. The van der Waals surface area contributed by atoms with Crippen molar-refractivity contribution in [2.24, 2.45) is 0 Å². The Bertz CT molecular complexity index is 364. The number of hydrogen-bond donors (Lipinski definition) is 0. The molecule has 1 aliphatic heterocycles. The fourth-order valence-electron chi connectivity index (χ4n) is 2.07. The summed E-state index contributed by atoms with van der Waals surface area (Å²) < 4.78 is 15.4. The lowest BCUT2D eigenvalue weighted by atomic mass is 10.2. The maximum absolute atomic E-state index is 11.5. The van der Waals surface area contributed by atoms with E-state index in [1.54, 1.807) is 0 Å². The third kappa shape index (κ3) is 8.79. The molecule has 1 unspecified atom stereocenters. The van der Waals surface area contributed by atoms with Crippen molar-refractivity contribution >= 4 is 11.9 Å². The third-order valence-electron chi connectivity index (χ3n) is 3.39. The first-order chi connectivity index (χ1) is 10.6. The van der Waals surface area contributed by atoms with Crippen molar-refractivity contribution in [1.82, 2.24) is 4.90 Å². The normalized spacial score (nSPS) is 17.4. The molecule has 1 atom stereocenters. The van der Waals surface area contributed by atoms with Crippen molar-refractivity contribution in [3.8, 4) is 0 Å². The molecule has 0 saturated carbocycles. The van der Waals surface area contributed by atoms with E-state index < -0.39 is 11.9 Å². The van der Waals surface area contributed by atoms with Crippen LogP contribution in [0.5, 0.6) is 0 Å². The Morgan fingerprint density at radius 3 is 2.59 bits per heavy atom. The quantitative estimate of drug-likeness (QED) is 0.475. The van der Waals surface area contributed by atoms with E-state index >= 15 is 0 Å². The highest BCUT2D eigenvalue weighted by Gasteiger charge is 2.10. The Labute approximate surface area is 132 Å². The molecular formula is C16H27NO5. The zero-order valence-corrected chi connectivity index (χ0v) is 13.6. The van der Waals surface area contributed by atoms with Gasteiger partial charge in [-0.15, -0.1) is 0 Å². The lowest BCUT2D eigenvalue weighted by Gasteiger charge is -2.25. The average molecular weight is 313 g/mol. The maximum atomic E-state index is 11.5. The molecule has 6 heteroatoms. The minimum atomic E-state index is -0.522. The summed E-state index contributed by atoms with van der Waals surface area (Å²) in [6, 6.07) is 0. The zero-order chi connectivity index (χ0) is 16.2. The summed E-state index contributed by atoms with van der Waals surface area (Å²) >= 11 is 0. The minimum absolute atomic E-state index is 0.130. The van der Waals surface area contributed by atoms with E-state index in [4.69, 9.17) is 14.2 Å². The van der Waals surface area contributed by atoms with Crippen molar-refractivity contribution < 1.29 is 23.8 Å². The van der Waals surface area contributed by atoms with Crippen LogP contribution in [0.4, 0.5) is 0 Å². The number of esters is 2. The molecule has 0 bridgehead atoms. The summed E-state index contributed by atoms with van der Waals surface area (Å²) in [6.07, 6.45) is 5.03. The Kier molecular flexibility index (Phi) is 9.50. The van der Waals surface area contributed by atoms with Crippen molar-refractivity contribution in [2.75, 3.05) is 39.5 Å². The summed E-state index contributed by atoms with van der Waals surface area (Å²) in [7, 11) is 0. The van der Waals surface area contributed by atoms with Crippen LogP contribution in [0.15, 0.2) is 12.2 Å². The molecule has 1 heterocycles. The van der Waals surface area contributed by atoms with Gasteiger partial charge in [0.25, 0.3) is 0 Å². The summed E-state index contributed by atoms with van der Waals surface area (Å²) in [4.78, 5) is 25.2.